The second-order valence-electron chi connectivity index (χ2n) is 14.4. The lowest BCUT2D eigenvalue weighted by Gasteiger charge is -2.35. The van der Waals surface area contributed by atoms with Crippen LogP contribution in [0, 0.1) is 29.1 Å². The highest BCUT2D eigenvalue weighted by molar-refractivity contribution is 5.89. The Kier molecular flexibility index (Phi) is 8.22. The molecule has 2 aliphatic carbocycles. The Balaban J connectivity index is 1.35. The number of ether oxygens (including phenoxy) is 2. The number of halogens is 3. The monoisotopic (exact) mass is 630 g/mol. The van der Waals surface area contributed by atoms with Gasteiger partial charge in [-0.2, -0.15) is 13.2 Å². The summed E-state index contributed by atoms with van der Waals surface area (Å²) in [6, 6.07) is 1.47. The highest BCUT2D eigenvalue weighted by Gasteiger charge is 2.54. The molecule has 1 aromatic heterocycles. The minimum absolute atomic E-state index is 0.0303. The van der Waals surface area contributed by atoms with Gasteiger partial charge in [-0.15, -0.1) is 0 Å². The van der Waals surface area contributed by atoms with Crippen LogP contribution in [0.4, 0.5) is 18.0 Å². The van der Waals surface area contributed by atoms with Crippen LogP contribution in [0.3, 0.4) is 0 Å². The lowest BCUT2D eigenvalue weighted by atomic mass is 9.85. The number of nitrogens with one attached hydrogen (secondary N) is 1. The third kappa shape index (κ3) is 6.34. The molecule has 1 N–H and O–H groups in total. The van der Waals surface area contributed by atoms with Gasteiger partial charge in [-0.1, -0.05) is 40.5 Å². The zero-order chi connectivity index (χ0) is 32.3. The zero-order valence-corrected chi connectivity index (χ0v) is 26.1. The maximum atomic E-state index is 14.0. The van der Waals surface area contributed by atoms with Gasteiger partial charge < -0.3 is 24.5 Å². The minimum Gasteiger partial charge on any atom is -0.471 e. The van der Waals surface area contributed by atoms with Crippen LogP contribution < -0.4 is 10.1 Å². The number of alkyl halides is 3. The van der Waals surface area contributed by atoms with Gasteiger partial charge in [-0.05, 0) is 73.5 Å². The summed E-state index contributed by atoms with van der Waals surface area (Å²) in [4.78, 5) is 50.2. The lowest BCUT2D eigenvalue weighted by molar-refractivity contribution is -0.139. The molecule has 2 unspecified atom stereocenters. The summed E-state index contributed by atoms with van der Waals surface area (Å²) in [5.74, 6) is 0.622. The van der Waals surface area contributed by atoms with Crippen LogP contribution in [0.15, 0.2) is 18.2 Å². The van der Waals surface area contributed by atoms with Crippen LogP contribution in [0.2, 0.25) is 0 Å². The van der Waals surface area contributed by atoms with E-state index in [1.54, 1.807) is 6.92 Å². The van der Waals surface area contributed by atoms with E-state index < -0.39 is 53.3 Å². The molecule has 0 spiro atoms. The summed E-state index contributed by atoms with van der Waals surface area (Å²) in [7, 11) is 0. The predicted octanol–water partition coefficient (Wildman–Crippen LogP) is 5.72. The Morgan fingerprint density at radius 2 is 1.76 bits per heavy atom. The van der Waals surface area contributed by atoms with E-state index in [2.05, 4.69) is 15.3 Å². The van der Waals surface area contributed by atoms with E-state index in [1.807, 2.05) is 20.8 Å². The van der Waals surface area contributed by atoms with Crippen LogP contribution in [-0.4, -0.2) is 64.0 Å². The molecule has 12 heteroatoms. The molecule has 3 heterocycles. The normalized spacial score (nSPS) is 32.7. The first-order chi connectivity index (χ1) is 21.2. The number of hydrogen-bond acceptors (Lipinski definition) is 7. The number of hydrogen-bond donors (Lipinski definition) is 1. The topological polar surface area (TPSA) is 111 Å². The number of aromatic nitrogens is 2. The molecule has 1 saturated heterocycles. The molecule has 244 valence electrons. The SMILES string of the molecule is C[C@@H]1[C@@H]2CN(C(=O)[C@H](C(C)(C)C)NC(=O)O[C@@H]3CC4CC4[C@H]3CCCCCc3nc4ccc(C(F)(F)F)cc4nc3O2)[C@@H]1C=O. The fourth-order valence-electron chi connectivity index (χ4n) is 7.52. The van der Waals surface area contributed by atoms with E-state index in [1.165, 1.54) is 11.0 Å². The van der Waals surface area contributed by atoms with Gasteiger partial charge in [0.15, 0.2) is 0 Å². The number of nitrogens with zero attached hydrogens (tertiary/aromatic N) is 3. The van der Waals surface area contributed by atoms with Crippen molar-refractivity contribution < 1.29 is 37.0 Å². The Hall–Kier alpha value is -3.44. The Bertz CT molecular complexity index is 1480. The van der Waals surface area contributed by atoms with Crippen molar-refractivity contribution in [3.8, 4) is 5.88 Å². The molecule has 45 heavy (non-hydrogen) atoms. The predicted molar refractivity (Wildman–Crippen MR) is 158 cm³/mol. The van der Waals surface area contributed by atoms with Gasteiger partial charge >= 0.3 is 12.3 Å². The quantitative estimate of drug-likeness (QED) is 0.401. The minimum atomic E-state index is -4.54. The largest absolute Gasteiger partial charge is 0.471 e. The summed E-state index contributed by atoms with van der Waals surface area (Å²) in [5, 5.41) is 2.83. The second-order valence-corrected chi connectivity index (χ2v) is 14.4. The molecular formula is C33H41F3N4O5. The van der Waals surface area contributed by atoms with E-state index >= 15 is 0 Å². The van der Waals surface area contributed by atoms with Gasteiger partial charge in [0.25, 0.3) is 0 Å². The van der Waals surface area contributed by atoms with E-state index in [0.717, 1.165) is 50.7 Å². The number of amides is 2. The fourth-order valence-corrected chi connectivity index (χ4v) is 7.52. The van der Waals surface area contributed by atoms with Gasteiger partial charge in [0, 0.05) is 5.92 Å². The van der Waals surface area contributed by atoms with Crippen molar-refractivity contribution >= 4 is 29.3 Å². The first-order valence-corrected chi connectivity index (χ1v) is 16.0. The number of carbonyl (C=O) groups excluding carboxylic acids is 3. The number of aryl methyl sites for hydroxylation is 1. The summed E-state index contributed by atoms with van der Waals surface area (Å²) >= 11 is 0. The van der Waals surface area contributed by atoms with Crippen LogP contribution in [0.25, 0.3) is 11.0 Å². The first-order valence-electron chi connectivity index (χ1n) is 16.0. The molecular weight excluding hydrogens is 589 g/mol. The highest BCUT2D eigenvalue weighted by Crippen LogP contribution is 2.57. The van der Waals surface area contributed by atoms with Crippen molar-refractivity contribution in [3.05, 3.63) is 29.5 Å². The maximum Gasteiger partial charge on any atom is 0.416 e. The van der Waals surface area contributed by atoms with E-state index in [-0.39, 0.29) is 30.0 Å². The molecule has 3 fully saturated rings. The number of benzene rings is 1. The summed E-state index contributed by atoms with van der Waals surface area (Å²) in [6.45, 7) is 7.33. The number of carbonyl (C=O) groups is 3. The van der Waals surface area contributed by atoms with Crippen LogP contribution in [-0.2, 0) is 26.9 Å². The molecule has 2 aliphatic heterocycles. The van der Waals surface area contributed by atoms with E-state index in [0.29, 0.717) is 35.8 Å². The molecule has 1 aromatic carbocycles. The molecule has 2 bridgehead atoms. The number of aldehydes is 1. The molecule has 4 aliphatic rings. The van der Waals surface area contributed by atoms with Crippen molar-refractivity contribution in [1.29, 1.82) is 0 Å². The summed E-state index contributed by atoms with van der Waals surface area (Å²) < 4.78 is 52.8. The van der Waals surface area contributed by atoms with Gasteiger partial charge in [-0.3, -0.25) is 4.79 Å². The van der Waals surface area contributed by atoms with Crippen molar-refractivity contribution in [1.82, 2.24) is 20.2 Å². The van der Waals surface area contributed by atoms with E-state index in [9.17, 15) is 27.6 Å². The summed E-state index contributed by atoms with van der Waals surface area (Å²) in [6.07, 6.45) is 0.640. The van der Waals surface area contributed by atoms with Crippen molar-refractivity contribution in [2.24, 2.45) is 29.1 Å². The first kappa shape index (κ1) is 31.5. The van der Waals surface area contributed by atoms with Crippen LogP contribution in [0.1, 0.15) is 77.5 Å². The van der Waals surface area contributed by atoms with E-state index in [4.69, 9.17) is 9.47 Å². The standard InChI is InChI=1S/C33H41F3N4O5/c1-17-25(16-41)40-15-27(17)44-29-23(37-22-11-10-19(33(34,35)36)14-24(22)38-29)9-7-5-6-8-20-21-12-18(21)13-26(20)45-31(43)39-28(30(40)42)32(2,3)4/h10-11,14,16-18,20-21,25-28H,5-9,12-13,15H2,1-4H3,(H,39,43)/t17-,18?,20+,21?,25+,26+,27-,28+/m0/s1. The summed E-state index contributed by atoms with van der Waals surface area (Å²) in [5.41, 5.74) is -0.607. The Morgan fingerprint density at radius 3 is 2.47 bits per heavy atom. The van der Waals surface area contributed by atoms with Crippen molar-refractivity contribution in [3.63, 3.8) is 0 Å². The number of rotatable bonds is 1. The number of fused-ring (bicyclic) bond motifs is 7. The van der Waals surface area contributed by atoms with Gasteiger partial charge in [-0.25, -0.2) is 14.8 Å². The zero-order valence-electron chi connectivity index (χ0n) is 26.1. The lowest BCUT2D eigenvalue weighted by Crippen LogP contribution is -2.56. The third-order valence-electron chi connectivity index (χ3n) is 10.2. The third-order valence-corrected chi connectivity index (χ3v) is 10.2. The molecule has 0 radical (unpaired) electrons. The fraction of sp³-hybridized carbons (Fsp3) is 0.667. The number of alkyl carbamates (subject to hydrolysis) is 1. The van der Waals surface area contributed by atoms with Crippen molar-refractivity contribution in [2.75, 3.05) is 6.54 Å². The van der Waals surface area contributed by atoms with Gasteiger partial charge in [0.2, 0.25) is 11.8 Å². The van der Waals surface area contributed by atoms with Crippen LogP contribution >= 0.6 is 0 Å². The van der Waals surface area contributed by atoms with Crippen molar-refractivity contribution in [2.45, 2.75) is 103 Å². The Morgan fingerprint density at radius 1 is 0.978 bits per heavy atom. The molecule has 2 amide bonds. The second kappa shape index (κ2) is 11.7. The maximum absolute atomic E-state index is 14.0. The average Bonchev–Trinajstić information content (AvgIpc) is 3.54. The highest BCUT2D eigenvalue weighted by atomic mass is 19.4. The molecule has 8 atom stereocenters. The molecule has 2 saturated carbocycles. The van der Waals surface area contributed by atoms with Gasteiger partial charge in [0.05, 0.1) is 29.2 Å². The molecule has 6 rings (SSSR count). The average molecular weight is 631 g/mol. The van der Waals surface area contributed by atoms with Crippen LogP contribution in [0.5, 0.6) is 5.88 Å². The molecule has 9 nitrogen and oxygen atoms in total. The Labute approximate surface area is 260 Å². The smallest absolute Gasteiger partial charge is 0.416 e. The molecule has 2 aromatic rings. The van der Waals surface area contributed by atoms with Gasteiger partial charge in [0.1, 0.15) is 30.2 Å².